The van der Waals surface area contributed by atoms with Gasteiger partial charge in [0.25, 0.3) is 0 Å². The first-order valence-electron chi connectivity index (χ1n) is 11.4. The minimum absolute atomic E-state index is 0. The molecule has 1 aliphatic rings. The lowest BCUT2D eigenvalue weighted by atomic mass is 10.2. The van der Waals surface area contributed by atoms with Crippen LogP contribution in [0.25, 0.3) is 0 Å². The highest BCUT2D eigenvalue weighted by Gasteiger charge is 2.30. The second-order valence-electron chi connectivity index (χ2n) is 9.60. The van der Waals surface area contributed by atoms with Gasteiger partial charge in [-0.15, -0.1) is 0 Å². The van der Waals surface area contributed by atoms with Crippen LogP contribution in [0.2, 0.25) is 0 Å². The molecule has 1 amide bonds. The Kier molecular flexibility index (Phi) is 7.87. The van der Waals surface area contributed by atoms with Gasteiger partial charge in [0.2, 0.25) is 17.8 Å². The van der Waals surface area contributed by atoms with Gasteiger partial charge in [-0.05, 0) is 46.2 Å². The van der Waals surface area contributed by atoms with Crippen molar-refractivity contribution in [1.29, 1.82) is 5.41 Å². The second kappa shape index (κ2) is 10.5. The summed E-state index contributed by atoms with van der Waals surface area (Å²) in [4.78, 5) is 27.4. The molecular weight excluding hydrogens is 478 g/mol. The second-order valence-corrected chi connectivity index (χ2v) is 9.60. The number of hydrogen-bond donors (Lipinski definition) is 3. The van der Waals surface area contributed by atoms with Crippen molar-refractivity contribution in [3.8, 4) is 0 Å². The number of rotatable bonds is 6. The predicted molar refractivity (Wildman–Crippen MR) is 144 cm³/mol. The standard InChI is InChI=1S/C24H31N9O2.H2S/c1-14-19-21(32(6)15(2)22(34)30-19)31-23(29-14)27-10-17-11-28-33(13-17)12-16-7-8-18(26-9-16)20(25)35-24(3,4)5;/h7-9,11,13,15,25H,10,12H2,1-6H3,(H,30,34)(H,27,29,31);1H2/t15-;/m0./s1. The molecule has 4 rings (SSSR count). The predicted octanol–water partition coefficient (Wildman–Crippen LogP) is 3.07. The lowest BCUT2D eigenvalue weighted by Crippen LogP contribution is -2.44. The normalized spacial score (nSPS) is 15.0. The summed E-state index contributed by atoms with van der Waals surface area (Å²) in [5.41, 5.74) is 3.35. The van der Waals surface area contributed by atoms with Gasteiger partial charge in [-0.25, -0.2) is 4.98 Å². The van der Waals surface area contributed by atoms with Crippen LogP contribution in [0.15, 0.2) is 30.7 Å². The minimum Gasteiger partial charge on any atom is -0.471 e. The summed E-state index contributed by atoms with van der Waals surface area (Å²) in [6.07, 6.45) is 5.47. The summed E-state index contributed by atoms with van der Waals surface area (Å²) >= 11 is 0. The number of carbonyl (C=O) groups excluding carboxylic acids is 1. The summed E-state index contributed by atoms with van der Waals surface area (Å²) in [5.74, 6) is 1.17. The zero-order valence-electron chi connectivity index (χ0n) is 21.4. The quantitative estimate of drug-likeness (QED) is 0.340. The van der Waals surface area contributed by atoms with E-state index in [4.69, 9.17) is 10.1 Å². The van der Waals surface area contributed by atoms with E-state index in [1.807, 2.05) is 63.5 Å². The van der Waals surface area contributed by atoms with Crippen molar-refractivity contribution in [3.63, 3.8) is 0 Å². The number of likely N-dealkylation sites (N-methyl/N-ethyl adjacent to an activating group) is 1. The fourth-order valence-electron chi connectivity index (χ4n) is 3.59. The molecule has 0 aliphatic carbocycles. The molecule has 3 N–H and O–H groups in total. The monoisotopic (exact) mass is 511 g/mol. The SMILES string of the molecule is Cc1nc(NCc2cnn(Cc3ccc(C(=N)OC(C)(C)C)nc3)c2)nc2c1NC(=O)[C@H](C)N2C.S. The number of aromatic nitrogens is 5. The lowest BCUT2D eigenvalue weighted by Gasteiger charge is -2.32. The van der Waals surface area contributed by atoms with Gasteiger partial charge < -0.3 is 20.3 Å². The van der Waals surface area contributed by atoms with Gasteiger partial charge >= 0.3 is 0 Å². The van der Waals surface area contributed by atoms with E-state index in [1.165, 1.54) is 0 Å². The van der Waals surface area contributed by atoms with Crippen molar-refractivity contribution in [1.82, 2.24) is 24.7 Å². The molecule has 192 valence electrons. The lowest BCUT2D eigenvalue weighted by molar-refractivity contribution is -0.117. The molecule has 0 radical (unpaired) electrons. The van der Waals surface area contributed by atoms with Gasteiger partial charge in [-0.2, -0.15) is 23.6 Å². The summed E-state index contributed by atoms with van der Waals surface area (Å²) in [6.45, 7) is 10.4. The summed E-state index contributed by atoms with van der Waals surface area (Å²) < 4.78 is 7.40. The minimum atomic E-state index is -0.440. The molecule has 0 bridgehead atoms. The van der Waals surface area contributed by atoms with Crippen molar-refractivity contribution in [2.75, 3.05) is 22.6 Å². The van der Waals surface area contributed by atoms with Crippen molar-refractivity contribution in [2.24, 2.45) is 0 Å². The van der Waals surface area contributed by atoms with Crippen LogP contribution in [0.1, 0.15) is 50.2 Å². The number of nitrogens with zero attached hydrogens (tertiary/aromatic N) is 6. The summed E-state index contributed by atoms with van der Waals surface area (Å²) in [7, 11) is 1.85. The third kappa shape index (κ3) is 6.11. The fraction of sp³-hybridized carbons (Fsp3) is 0.417. The average Bonchev–Trinajstić information content (AvgIpc) is 3.23. The van der Waals surface area contributed by atoms with Gasteiger partial charge in [-0.1, -0.05) is 6.07 Å². The van der Waals surface area contributed by atoms with Crippen LogP contribution >= 0.6 is 13.5 Å². The Morgan fingerprint density at radius 1 is 1.22 bits per heavy atom. The summed E-state index contributed by atoms with van der Waals surface area (Å²) in [6, 6.07) is 3.40. The van der Waals surface area contributed by atoms with Crippen LogP contribution in [0, 0.1) is 12.3 Å². The van der Waals surface area contributed by atoms with E-state index < -0.39 is 5.60 Å². The van der Waals surface area contributed by atoms with Gasteiger partial charge in [-0.3, -0.25) is 19.9 Å². The van der Waals surface area contributed by atoms with Crippen molar-refractivity contribution in [3.05, 3.63) is 53.2 Å². The first-order chi connectivity index (χ1) is 16.5. The van der Waals surface area contributed by atoms with E-state index in [9.17, 15) is 4.79 Å². The highest BCUT2D eigenvalue weighted by Crippen LogP contribution is 2.32. The molecule has 0 unspecified atom stereocenters. The zero-order valence-corrected chi connectivity index (χ0v) is 22.4. The molecule has 36 heavy (non-hydrogen) atoms. The number of fused-ring (bicyclic) bond motifs is 1. The van der Waals surface area contributed by atoms with E-state index in [0.717, 1.165) is 11.1 Å². The molecule has 1 atom stereocenters. The molecule has 12 heteroatoms. The number of aryl methyl sites for hydroxylation is 1. The Morgan fingerprint density at radius 3 is 2.64 bits per heavy atom. The van der Waals surface area contributed by atoms with Gasteiger partial charge in [0, 0.05) is 31.5 Å². The molecule has 0 fully saturated rings. The van der Waals surface area contributed by atoms with E-state index in [2.05, 4.69) is 30.7 Å². The Morgan fingerprint density at radius 2 is 1.97 bits per heavy atom. The number of anilines is 3. The Hall–Kier alpha value is -3.67. The third-order valence-electron chi connectivity index (χ3n) is 5.56. The van der Waals surface area contributed by atoms with E-state index in [1.54, 1.807) is 18.5 Å². The molecule has 4 heterocycles. The molecule has 0 saturated heterocycles. The van der Waals surface area contributed by atoms with Crippen molar-refractivity contribution in [2.45, 2.75) is 59.4 Å². The first-order valence-corrected chi connectivity index (χ1v) is 11.4. The topological polar surface area (TPSA) is 134 Å². The molecule has 1 aliphatic heterocycles. The number of ether oxygens (including phenoxy) is 1. The van der Waals surface area contributed by atoms with E-state index in [-0.39, 0.29) is 31.3 Å². The van der Waals surface area contributed by atoms with E-state index >= 15 is 0 Å². The van der Waals surface area contributed by atoms with Crippen LogP contribution in [-0.2, 0) is 22.6 Å². The van der Waals surface area contributed by atoms with Crippen molar-refractivity contribution >= 4 is 42.8 Å². The molecule has 3 aromatic rings. The van der Waals surface area contributed by atoms with Crippen molar-refractivity contribution < 1.29 is 9.53 Å². The highest BCUT2D eigenvalue weighted by molar-refractivity contribution is 7.59. The molecule has 0 spiro atoms. The van der Waals surface area contributed by atoms with Gasteiger partial charge in [0.05, 0.1) is 18.4 Å². The Balaban J connectivity index is 0.00000361. The number of carbonyl (C=O) groups is 1. The molecule has 0 aromatic carbocycles. The van der Waals surface area contributed by atoms with Crippen LogP contribution < -0.4 is 15.5 Å². The maximum absolute atomic E-state index is 12.1. The van der Waals surface area contributed by atoms with Gasteiger partial charge in [0.15, 0.2) is 5.82 Å². The maximum atomic E-state index is 12.1. The molecule has 0 saturated carbocycles. The smallest absolute Gasteiger partial charge is 0.246 e. The number of hydrogen-bond acceptors (Lipinski definition) is 9. The molecule has 11 nitrogen and oxygen atoms in total. The largest absolute Gasteiger partial charge is 0.471 e. The Bertz CT molecular complexity index is 1250. The molecule has 3 aromatic heterocycles. The number of amides is 1. The number of nitrogens with one attached hydrogen (secondary N) is 3. The highest BCUT2D eigenvalue weighted by atomic mass is 32.1. The van der Waals surface area contributed by atoms with Crippen LogP contribution in [0.3, 0.4) is 0 Å². The number of pyridine rings is 1. The van der Waals surface area contributed by atoms with Crippen LogP contribution in [0.4, 0.5) is 17.5 Å². The van der Waals surface area contributed by atoms with Crippen LogP contribution in [-0.4, -0.2) is 55.2 Å². The maximum Gasteiger partial charge on any atom is 0.246 e. The zero-order chi connectivity index (χ0) is 25.3. The third-order valence-corrected chi connectivity index (χ3v) is 5.56. The first kappa shape index (κ1) is 26.9. The molecular formula is C24H33N9O2S. The summed E-state index contributed by atoms with van der Waals surface area (Å²) in [5, 5.41) is 18.6. The average molecular weight is 512 g/mol. The van der Waals surface area contributed by atoms with E-state index in [0.29, 0.717) is 41.9 Å². The fourth-order valence-corrected chi connectivity index (χ4v) is 3.59. The van der Waals surface area contributed by atoms with Crippen LogP contribution in [0.5, 0.6) is 0 Å². The Labute approximate surface area is 217 Å². The van der Waals surface area contributed by atoms with Gasteiger partial charge in [0.1, 0.15) is 23.0 Å².